The third-order valence-corrected chi connectivity index (χ3v) is 3.04. The number of hydrogen-bond acceptors (Lipinski definition) is 3. The highest BCUT2D eigenvalue weighted by molar-refractivity contribution is 6.37. The summed E-state index contributed by atoms with van der Waals surface area (Å²) in [7, 11) is 0. The van der Waals surface area contributed by atoms with Gasteiger partial charge in [-0.3, -0.25) is 0 Å². The fourth-order valence-electron chi connectivity index (χ4n) is 1.60. The Labute approximate surface area is 119 Å². The zero-order valence-corrected chi connectivity index (χ0v) is 11.5. The predicted molar refractivity (Wildman–Crippen MR) is 71.2 cm³/mol. The fourth-order valence-corrected chi connectivity index (χ4v) is 2.10. The van der Waals surface area contributed by atoms with Gasteiger partial charge in [0.15, 0.2) is 5.75 Å². The van der Waals surface area contributed by atoms with Gasteiger partial charge in [0.05, 0.1) is 10.0 Å². The van der Waals surface area contributed by atoms with E-state index in [1.165, 1.54) is 0 Å². The summed E-state index contributed by atoms with van der Waals surface area (Å²) < 4.78 is 10.6. The number of aryl methyl sites for hydroxylation is 1. The van der Waals surface area contributed by atoms with Gasteiger partial charge < -0.3 is 14.3 Å². The van der Waals surface area contributed by atoms with E-state index in [0.717, 1.165) is 0 Å². The molecule has 0 fully saturated rings. The topological polar surface area (TPSA) is 59.7 Å². The molecule has 0 aliphatic rings. The van der Waals surface area contributed by atoms with Crippen LogP contribution in [-0.4, -0.2) is 11.1 Å². The molecule has 0 amide bonds. The summed E-state index contributed by atoms with van der Waals surface area (Å²) >= 11 is 11.9. The molecule has 1 heterocycles. The normalized spacial score (nSPS) is 10.5. The van der Waals surface area contributed by atoms with E-state index in [-0.39, 0.29) is 12.4 Å². The molecule has 2 aromatic rings. The third-order valence-electron chi connectivity index (χ3n) is 2.44. The van der Waals surface area contributed by atoms with E-state index in [1.54, 1.807) is 31.2 Å². The summed E-state index contributed by atoms with van der Waals surface area (Å²) in [6, 6.07) is 6.61. The number of aromatic carboxylic acids is 1. The molecular formula is C13H10Cl2O4. The quantitative estimate of drug-likeness (QED) is 0.920. The van der Waals surface area contributed by atoms with Crippen LogP contribution in [-0.2, 0) is 6.61 Å². The lowest BCUT2D eigenvalue weighted by atomic mass is 10.3. The summed E-state index contributed by atoms with van der Waals surface area (Å²) in [4.78, 5) is 10.8. The Kier molecular flexibility index (Phi) is 4.02. The van der Waals surface area contributed by atoms with Gasteiger partial charge in [-0.15, -0.1) is 0 Å². The van der Waals surface area contributed by atoms with E-state index in [4.69, 9.17) is 37.5 Å². The van der Waals surface area contributed by atoms with E-state index in [9.17, 15) is 4.79 Å². The molecule has 100 valence electrons. The first-order chi connectivity index (χ1) is 8.99. The van der Waals surface area contributed by atoms with Gasteiger partial charge in [-0.05, 0) is 25.1 Å². The number of benzene rings is 1. The van der Waals surface area contributed by atoms with Crippen molar-refractivity contribution in [2.24, 2.45) is 0 Å². The number of furan rings is 1. The molecule has 0 saturated carbocycles. The van der Waals surface area contributed by atoms with Crippen molar-refractivity contribution in [2.75, 3.05) is 0 Å². The van der Waals surface area contributed by atoms with Crippen LogP contribution in [0, 0.1) is 6.92 Å². The molecule has 0 radical (unpaired) electrons. The van der Waals surface area contributed by atoms with Crippen LogP contribution in [0.5, 0.6) is 5.75 Å². The summed E-state index contributed by atoms with van der Waals surface area (Å²) in [5.74, 6) is -0.467. The minimum Gasteiger partial charge on any atom is -0.483 e. The Morgan fingerprint density at radius 1 is 1.37 bits per heavy atom. The van der Waals surface area contributed by atoms with Crippen LogP contribution < -0.4 is 4.74 Å². The highest BCUT2D eigenvalue weighted by atomic mass is 35.5. The second kappa shape index (κ2) is 5.55. The molecule has 19 heavy (non-hydrogen) atoms. The van der Waals surface area contributed by atoms with Crippen molar-refractivity contribution in [1.29, 1.82) is 0 Å². The molecule has 1 aromatic carbocycles. The Morgan fingerprint density at radius 2 is 2.00 bits per heavy atom. The van der Waals surface area contributed by atoms with Gasteiger partial charge in [-0.25, -0.2) is 4.79 Å². The van der Waals surface area contributed by atoms with Crippen molar-refractivity contribution in [1.82, 2.24) is 0 Å². The molecular weight excluding hydrogens is 291 g/mol. The molecule has 2 rings (SSSR count). The molecule has 4 nitrogen and oxygen atoms in total. The van der Waals surface area contributed by atoms with Gasteiger partial charge in [0.25, 0.3) is 0 Å². The summed E-state index contributed by atoms with van der Waals surface area (Å²) in [5, 5.41) is 9.64. The van der Waals surface area contributed by atoms with Crippen LogP contribution in [0.2, 0.25) is 10.0 Å². The van der Waals surface area contributed by atoms with Crippen LogP contribution in [0.1, 0.15) is 21.9 Å². The van der Waals surface area contributed by atoms with E-state index < -0.39 is 5.97 Å². The van der Waals surface area contributed by atoms with Crippen LogP contribution >= 0.6 is 23.2 Å². The number of carbonyl (C=O) groups is 1. The van der Waals surface area contributed by atoms with E-state index in [1.807, 2.05) is 0 Å². The van der Waals surface area contributed by atoms with Crippen molar-refractivity contribution in [3.63, 3.8) is 0 Å². The largest absolute Gasteiger partial charge is 0.483 e. The van der Waals surface area contributed by atoms with Crippen LogP contribution in [0.15, 0.2) is 28.7 Å². The maximum atomic E-state index is 10.8. The van der Waals surface area contributed by atoms with Gasteiger partial charge in [-0.2, -0.15) is 0 Å². The molecule has 0 aliphatic heterocycles. The highest BCUT2D eigenvalue weighted by Gasteiger charge is 2.15. The van der Waals surface area contributed by atoms with Gasteiger partial charge in [0, 0.05) is 5.56 Å². The van der Waals surface area contributed by atoms with Crippen molar-refractivity contribution in [3.05, 3.63) is 51.4 Å². The lowest BCUT2D eigenvalue weighted by Gasteiger charge is -2.07. The highest BCUT2D eigenvalue weighted by Crippen LogP contribution is 2.33. The molecule has 0 spiro atoms. The molecule has 0 unspecified atom stereocenters. The first kappa shape index (κ1) is 13.8. The van der Waals surface area contributed by atoms with E-state index in [2.05, 4.69) is 0 Å². The average Bonchev–Trinajstić information content (AvgIpc) is 2.70. The lowest BCUT2D eigenvalue weighted by molar-refractivity contribution is 0.0657. The number of para-hydroxylation sites is 1. The Hall–Kier alpha value is -1.65. The van der Waals surface area contributed by atoms with E-state index >= 15 is 0 Å². The molecule has 1 N–H and O–H groups in total. The average molecular weight is 301 g/mol. The minimum atomic E-state index is -1.11. The zero-order chi connectivity index (χ0) is 14.0. The smallest absolute Gasteiger partial charge is 0.372 e. The SMILES string of the molecule is Cc1cc(COc2c(Cl)cccc2Cl)oc1C(=O)O. The van der Waals surface area contributed by atoms with Crippen LogP contribution in [0.4, 0.5) is 0 Å². The monoisotopic (exact) mass is 300 g/mol. The standard InChI is InChI=1S/C13H10Cl2O4/c1-7-5-8(19-11(7)13(16)17)6-18-12-9(14)3-2-4-10(12)15/h2-5H,6H2,1H3,(H,16,17). The summed E-state index contributed by atoms with van der Waals surface area (Å²) in [5.41, 5.74) is 0.538. The maximum absolute atomic E-state index is 10.8. The van der Waals surface area contributed by atoms with Gasteiger partial charge in [0.2, 0.25) is 5.76 Å². The van der Waals surface area contributed by atoms with E-state index in [0.29, 0.717) is 27.1 Å². The molecule has 0 saturated heterocycles. The van der Waals surface area contributed by atoms with Crippen molar-refractivity contribution >= 4 is 29.2 Å². The van der Waals surface area contributed by atoms with Gasteiger partial charge >= 0.3 is 5.97 Å². The maximum Gasteiger partial charge on any atom is 0.372 e. The first-order valence-corrected chi connectivity index (χ1v) is 6.14. The minimum absolute atomic E-state index is 0.0531. The Bertz CT molecular complexity index is 599. The van der Waals surface area contributed by atoms with Gasteiger partial charge in [0.1, 0.15) is 12.4 Å². The molecule has 1 aromatic heterocycles. The number of carboxylic acid groups (broad SMARTS) is 1. The fraction of sp³-hybridized carbons (Fsp3) is 0.154. The Morgan fingerprint density at radius 3 is 2.53 bits per heavy atom. The first-order valence-electron chi connectivity index (χ1n) is 5.38. The molecule has 0 atom stereocenters. The number of halogens is 2. The molecule has 6 heteroatoms. The second-order valence-corrected chi connectivity index (χ2v) is 4.68. The van der Waals surface area contributed by atoms with Crippen molar-refractivity contribution in [3.8, 4) is 5.75 Å². The predicted octanol–water partition coefficient (Wildman–Crippen LogP) is 4.17. The van der Waals surface area contributed by atoms with Crippen molar-refractivity contribution < 1.29 is 19.1 Å². The molecule has 0 bridgehead atoms. The number of ether oxygens (including phenoxy) is 1. The Balaban J connectivity index is 2.15. The van der Waals surface area contributed by atoms with Crippen LogP contribution in [0.25, 0.3) is 0 Å². The number of hydrogen-bond donors (Lipinski definition) is 1. The second-order valence-electron chi connectivity index (χ2n) is 3.87. The molecule has 0 aliphatic carbocycles. The summed E-state index contributed by atoms with van der Waals surface area (Å²) in [6.45, 7) is 1.70. The van der Waals surface area contributed by atoms with Gasteiger partial charge in [-0.1, -0.05) is 29.3 Å². The zero-order valence-electron chi connectivity index (χ0n) is 9.94. The van der Waals surface area contributed by atoms with Crippen molar-refractivity contribution in [2.45, 2.75) is 13.5 Å². The third kappa shape index (κ3) is 3.03. The lowest BCUT2D eigenvalue weighted by Crippen LogP contribution is -1.96. The number of rotatable bonds is 4. The van der Waals surface area contributed by atoms with Crippen LogP contribution in [0.3, 0.4) is 0 Å². The summed E-state index contributed by atoms with van der Waals surface area (Å²) in [6.07, 6.45) is 0. The number of carboxylic acids is 1.